The maximum atomic E-state index is 13.4. The van der Waals surface area contributed by atoms with Gasteiger partial charge < -0.3 is 14.2 Å². The summed E-state index contributed by atoms with van der Waals surface area (Å²) in [7, 11) is 0. The van der Waals surface area contributed by atoms with Crippen molar-refractivity contribution in [2.45, 2.75) is 6.92 Å². The number of hydrogen-bond acceptors (Lipinski definition) is 5. The summed E-state index contributed by atoms with van der Waals surface area (Å²) in [5.74, 6) is 0.00691. The molecule has 4 aromatic rings. The summed E-state index contributed by atoms with van der Waals surface area (Å²) in [6.07, 6.45) is 3.36. The Morgan fingerprint density at radius 3 is 2.50 bits per heavy atom. The quantitative estimate of drug-likeness (QED) is 0.432. The zero-order valence-corrected chi connectivity index (χ0v) is 18.3. The Morgan fingerprint density at radius 2 is 1.75 bits per heavy atom. The number of carbonyl (C=O) groups is 1. The van der Waals surface area contributed by atoms with Crippen molar-refractivity contribution >= 4 is 34.5 Å². The molecule has 6 nitrogen and oxygen atoms in total. The maximum absolute atomic E-state index is 13.4. The lowest BCUT2D eigenvalue weighted by Gasteiger charge is -2.36. The van der Waals surface area contributed by atoms with Crippen molar-refractivity contribution in [3.8, 4) is 0 Å². The zero-order chi connectivity index (χ0) is 22.2. The molecule has 4 heterocycles. The number of carbonyl (C=O) groups excluding carboxylic acids is 1. The van der Waals surface area contributed by atoms with Crippen LogP contribution < -0.4 is 9.80 Å². The number of aryl methyl sites for hydroxylation is 1. The van der Waals surface area contributed by atoms with E-state index in [1.54, 1.807) is 12.1 Å². The van der Waals surface area contributed by atoms with Gasteiger partial charge in [-0.2, -0.15) is 0 Å². The van der Waals surface area contributed by atoms with Crippen LogP contribution in [0, 0.1) is 12.7 Å². The first-order valence-electron chi connectivity index (χ1n) is 10.4. The number of nitrogens with zero attached hydrogens (tertiary/aromatic N) is 5. The molecule has 0 spiro atoms. The second kappa shape index (κ2) is 8.24. The lowest BCUT2D eigenvalue weighted by Crippen LogP contribution is -2.47. The number of hydrogen-bond donors (Lipinski definition) is 0. The van der Waals surface area contributed by atoms with Crippen LogP contribution in [0.2, 0.25) is 5.02 Å². The Hall–Kier alpha value is -3.45. The van der Waals surface area contributed by atoms with Gasteiger partial charge in [-0.05, 0) is 55.0 Å². The van der Waals surface area contributed by atoms with Gasteiger partial charge in [0.2, 0.25) is 11.7 Å². The minimum Gasteiger partial charge on any atom is -0.368 e. The minimum atomic E-state index is -0.245. The van der Waals surface area contributed by atoms with Crippen LogP contribution in [-0.2, 0) is 0 Å². The van der Waals surface area contributed by atoms with E-state index in [4.69, 9.17) is 11.6 Å². The summed E-state index contributed by atoms with van der Waals surface area (Å²) < 4.78 is 15.1. The van der Waals surface area contributed by atoms with E-state index in [1.165, 1.54) is 18.3 Å². The van der Waals surface area contributed by atoms with Gasteiger partial charge in [0, 0.05) is 43.6 Å². The first-order chi connectivity index (χ1) is 15.5. The fourth-order valence-electron chi connectivity index (χ4n) is 4.14. The Kier molecular flexibility index (Phi) is 5.27. The highest BCUT2D eigenvalue weighted by Gasteiger charge is 2.24. The molecule has 0 aliphatic carbocycles. The van der Waals surface area contributed by atoms with Crippen LogP contribution in [0.1, 0.15) is 21.7 Å². The van der Waals surface area contributed by atoms with E-state index in [9.17, 15) is 9.18 Å². The second-order valence-corrected chi connectivity index (χ2v) is 8.22. The molecule has 0 bridgehead atoms. The molecule has 1 aliphatic rings. The summed E-state index contributed by atoms with van der Waals surface area (Å²) >= 11 is 6.35. The van der Waals surface area contributed by atoms with Crippen molar-refractivity contribution in [2.75, 3.05) is 36.0 Å². The topological polar surface area (TPSA) is 53.7 Å². The van der Waals surface area contributed by atoms with E-state index >= 15 is 0 Å². The van der Waals surface area contributed by atoms with Crippen LogP contribution in [0.25, 0.3) is 5.52 Å². The first kappa shape index (κ1) is 20.5. The Labute approximate surface area is 189 Å². The molecule has 0 atom stereocenters. The molecule has 0 N–H and O–H groups in total. The van der Waals surface area contributed by atoms with Crippen LogP contribution in [0.15, 0.2) is 60.9 Å². The van der Waals surface area contributed by atoms with Crippen molar-refractivity contribution in [1.29, 1.82) is 0 Å². The lowest BCUT2D eigenvalue weighted by atomic mass is 10.1. The van der Waals surface area contributed by atoms with Gasteiger partial charge in [-0.25, -0.2) is 14.4 Å². The van der Waals surface area contributed by atoms with Gasteiger partial charge in [0.1, 0.15) is 11.5 Å². The fraction of sp³-hybridized carbons (Fsp3) is 0.208. The van der Waals surface area contributed by atoms with Gasteiger partial charge in [-0.3, -0.25) is 4.79 Å². The van der Waals surface area contributed by atoms with Crippen LogP contribution in [0.3, 0.4) is 0 Å². The summed E-state index contributed by atoms with van der Waals surface area (Å²) in [6.45, 7) is 4.75. The largest absolute Gasteiger partial charge is 0.368 e. The Bertz CT molecular complexity index is 1300. The fourth-order valence-corrected chi connectivity index (χ4v) is 4.32. The van der Waals surface area contributed by atoms with Crippen molar-refractivity contribution in [3.05, 3.63) is 88.7 Å². The molecule has 3 aromatic heterocycles. The molecule has 0 saturated carbocycles. The number of fused-ring (bicyclic) bond motifs is 1. The Morgan fingerprint density at radius 1 is 1.03 bits per heavy atom. The van der Waals surface area contributed by atoms with Gasteiger partial charge in [0.25, 0.3) is 0 Å². The smallest absolute Gasteiger partial charge is 0.230 e. The number of halogens is 2. The molecule has 1 aliphatic heterocycles. The zero-order valence-electron chi connectivity index (χ0n) is 17.5. The number of benzene rings is 1. The summed E-state index contributed by atoms with van der Waals surface area (Å²) in [5, 5.41) is 0.231. The molecule has 0 radical (unpaired) electrons. The number of rotatable bonds is 4. The standard InChI is InChI=1S/C24H21ClFN5O/c1-16-14-19-4-2-3-9-31(19)22(16)23(32)21-20(25)15-27-24(28-21)30-12-10-29(11-13-30)18-7-5-17(26)6-8-18/h2-9,14-15H,10-13H2,1H3. The predicted molar refractivity (Wildman–Crippen MR) is 123 cm³/mol. The number of anilines is 2. The molecule has 1 saturated heterocycles. The third-order valence-corrected chi connectivity index (χ3v) is 6.06. The maximum Gasteiger partial charge on any atom is 0.230 e. The Balaban J connectivity index is 1.39. The van der Waals surface area contributed by atoms with Crippen LogP contribution in [-0.4, -0.2) is 46.3 Å². The van der Waals surface area contributed by atoms with Crippen LogP contribution in [0.4, 0.5) is 16.0 Å². The normalized spacial score (nSPS) is 14.2. The van der Waals surface area contributed by atoms with E-state index in [2.05, 4.69) is 14.9 Å². The molecule has 1 aromatic carbocycles. The second-order valence-electron chi connectivity index (χ2n) is 7.82. The molecule has 0 unspecified atom stereocenters. The molecule has 32 heavy (non-hydrogen) atoms. The minimum absolute atomic E-state index is 0.199. The molecule has 0 amide bonds. The lowest BCUT2D eigenvalue weighted by molar-refractivity contribution is 0.102. The summed E-state index contributed by atoms with van der Waals surface area (Å²) in [4.78, 5) is 26.6. The third kappa shape index (κ3) is 3.69. The SMILES string of the molecule is Cc1cc2ccccn2c1C(=O)c1nc(N2CCN(c3ccc(F)cc3)CC2)ncc1Cl. The molecular formula is C24H21ClFN5O. The first-order valence-corrected chi connectivity index (χ1v) is 10.8. The predicted octanol–water partition coefficient (Wildman–Crippen LogP) is 4.39. The number of pyridine rings is 1. The number of piperazine rings is 1. The van der Waals surface area contributed by atoms with Gasteiger partial charge >= 0.3 is 0 Å². The van der Waals surface area contributed by atoms with Crippen molar-refractivity contribution < 1.29 is 9.18 Å². The molecule has 5 rings (SSSR count). The van der Waals surface area contributed by atoms with Crippen LogP contribution in [0.5, 0.6) is 0 Å². The van der Waals surface area contributed by atoms with E-state index in [0.717, 1.165) is 29.9 Å². The van der Waals surface area contributed by atoms with E-state index in [0.29, 0.717) is 24.7 Å². The van der Waals surface area contributed by atoms with Crippen molar-refractivity contribution in [1.82, 2.24) is 14.4 Å². The third-order valence-electron chi connectivity index (χ3n) is 5.79. The summed E-state index contributed by atoms with van der Waals surface area (Å²) in [5.41, 5.74) is 3.54. The molecule has 1 fully saturated rings. The van der Waals surface area contributed by atoms with Gasteiger partial charge in [-0.1, -0.05) is 17.7 Å². The van der Waals surface area contributed by atoms with Crippen LogP contribution >= 0.6 is 11.6 Å². The van der Waals surface area contributed by atoms with Crippen molar-refractivity contribution in [3.63, 3.8) is 0 Å². The molecule has 162 valence electrons. The van der Waals surface area contributed by atoms with E-state index in [1.807, 2.05) is 46.7 Å². The average molecular weight is 450 g/mol. The van der Waals surface area contributed by atoms with Gasteiger partial charge in [-0.15, -0.1) is 0 Å². The monoisotopic (exact) mass is 449 g/mol. The number of aromatic nitrogens is 3. The average Bonchev–Trinajstić information content (AvgIpc) is 3.15. The molecular weight excluding hydrogens is 429 g/mol. The summed E-state index contributed by atoms with van der Waals surface area (Å²) in [6, 6.07) is 14.2. The highest BCUT2D eigenvalue weighted by Crippen LogP contribution is 2.25. The highest BCUT2D eigenvalue weighted by molar-refractivity contribution is 6.34. The molecule has 8 heteroatoms. The van der Waals surface area contributed by atoms with E-state index in [-0.39, 0.29) is 22.3 Å². The van der Waals surface area contributed by atoms with Gasteiger partial charge in [0.15, 0.2) is 0 Å². The number of ketones is 1. The van der Waals surface area contributed by atoms with E-state index < -0.39 is 0 Å². The van der Waals surface area contributed by atoms with Gasteiger partial charge in [0.05, 0.1) is 16.9 Å². The van der Waals surface area contributed by atoms with Crippen molar-refractivity contribution in [2.24, 2.45) is 0 Å². The highest BCUT2D eigenvalue weighted by atomic mass is 35.5.